The Labute approximate surface area is 266 Å². The van der Waals surface area contributed by atoms with Gasteiger partial charge in [-0.25, -0.2) is 5.01 Å². The largest absolute Gasteiger partial charge is 0.306 e. The summed E-state index contributed by atoms with van der Waals surface area (Å²) in [5.74, 6) is 1.03. The molecule has 0 saturated carbocycles. The van der Waals surface area contributed by atoms with E-state index in [1.807, 2.05) is 0 Å². The topological polar surface area (TPSA) is 18.8 Å². The number of hydrazone groups is 1. The van der Waals surface area contributed by atoms with Crippen LogP contribution in [0.1, 0.15) is 20.8 Å². The van der Waals surface area contributed by atoms with Crippen molar-refractivity contribution >= 4 is 17.2 Å². The molecule has 220 valence electrons. The summed E-state index contributed by atoms with van der Waals surface area (Å²) < 4.78 is 0. The highest BCUT2D eigenvalue weighted by Crippen LogP contribution is 2.46. The van der Waals surface area contributed by atoms with E-state index in [-0.39, 0.29) is 5.41 Å². The highest BCUT2D eigenvalue weighted by atomic mass is 15.6. The molecule has 0 spiro atoms. The van der Waals surface area contributed by atoms with Crippen molar-refractivity contribution in [2.24, 2.45) is 10.5 Å². The molecule has 6 aromatic carbocycles. The zero-order valence-electron chi connectivity index (χ0n) is 26.1. The van der Waals surface area contributed by atoms with E-state index in [0.29, 0.717) is 6.67 Å². The Balaban J connectivity index is 1.46. The number of para-hydroxylation sites is 2. The van der Waals surface area contributed by atoms with Gasteiger partial charge < -0.3 is 4.90 Å². The summed E-state index contributed by atoms with van der Waals surface area (Å²) in [4.78, 5) is 2.45. The number of anilines is 2. The van der Waals surface area contributed by atoms with Gasteiger partial charge in [-0.15, -0.1) is 0 Å². The van der Waals surface area contributed by atoms with Crippen molar-refractivity contribution in [2.45, 2.75) is 20.8 Å². The molecule has 0 amide bonds. The maximum atomic E-state index is 5.51. The Morgan fingerprint density at radius 2 is 0.756 bits per heavy atom. The summed E-state index contributed by atoms with van der Waals surface area (Å²) in [7, 11) is 0. The van der Waals surface area contributed by atoms with Crippen molar-refractivity contribution < 1.29 is 0 Å². The molecule has 0 aliphatic carbocycles. The lowest BCUT2D eigenvalue weighted by Crippen LogP contribution is -2.38. The first-order valence-electron chi connectivity index (χ1n) is 15.6. The van der Waals surface area contributed by atoms with Crippen LogP contribution in [0.3, 0.4) is 0 Å². The first-order chi connectivity index (χ1) is 22.0. The molecular weight excluding hydrogens is 546 g/mol. The molecule has 0 fully saturated rings. The molecule has 1 aliphatic heterocycles. The second kappa shape index (κ2) is 11.9. The molecule has 0 N–H and O–H groups in total. The van der Waals surface area contributed by atoms with E-state index in [1.54, 1.807) is 0 Å². The van der Waals surface area contributed by atoms with Crippen molar-refractivity contribution in [3.8, 4) is 44.5 Å². The summed E-state index contributed by atoms with van der Waals surface area (Å²) in [5.41, 5.74) is 11.5. The van der Waals surface area contributed by atoms with E-state index in [1.165, 1.54) is 39.1 Å². The predicted molar refractivity (Wildman–Crippen MR) is 191 cm³/mol. The van der Waals surface area contributed by atoms with Crippen LogP contribution in [0.5, 0.6) is 0 Å². The quantitative estimate of drug-likeness (QED) is 0.194. The fraction of sp³-hybridized carbons (Fsp3) is 0.119. The van der Waals surface area contributed by atoms with Gasteiger partial charge in [0.1, 0.15) is 12.5 Å². The average molecular weight is 584 g/mol. The van der Waals surface area contributed by atoms with E-state index in [4.69, 9.17) is 5.10 Å². The van der Waals surface area contributed by atoms with Crippen molar-refractivity contribution in [1.29, 1.82) is 0 Å². The van der Waals surface area contributed by atoms with Crippen molar-refractivity contribution in [3.05, 3.63) is 158 Å². The van der Waals surface area contributed by atoms with Crippen LogP contribution in [0.15, 0.2) is 163 Å². The molecule has 1 heterocycles. The Morgan fingerprint density at radius 1 is 0.422 bits per heavy atom. The third-order valence-electron chi connectivity index (χ3n) is 8.36. The lowest BCUT2D eigenvalue weighted by atomic mass is 9.91. The molecule has 0 aromatic heterocycles. The highest BCUT2D eigenvalue weighted by Gasteiger charge is 2.37. The molecular formula is C42H37N3. The number of rotatable bonds is 6. The standard InChI is InChI=1S/C42H37N3/c1-42(2,3)41-43-45(40-37(33-22-12-6-13-23-33)28-17-29-38(40)34-24-14-7-15-25-34)30-44(41)39-35(31-18-8-4-9-19-31)26-16-27-36(39)32-20-10-5-11-21-32/h4-29H,30H2,1-3H3. The lowest BCUT2D eigenvalue weighted by molar-refractivity contribution is 0.583. The smallest absolute Gasteiger partial charge is 0.136 e. The molecule has 6 aromatic rings. The Hall–Kier alpha value is -5.41. The number of amidine groups is 1. The van der Waals surface area contributed by atoms with Gasteiger partial charge in [0, 0.05) is 27.7 Å². The number of benzene rings is 6. The SMILES string of the molecule is CC(C)(C)C1=NN(c2c(-c3ccccc3)cccc2-c2ccccc2)CN1c1c(-c2ccccc2)cccc1-c1ccccc1. The normalized spacial score (nSPS) is 13.2. The molecule has 0 unspecified atom stereocenters. The van der Waals surface area contributed by atoms with Crippen LogP contribution in [0.2, 0.25) is 0 Å². The van der Waals surface area contributed by atoms with Crippen molar-refractivity contribution in [3.63, 3.8) is 0 Å². The molecule has 0 bridgehead atoms. The van der Waals surface area contributed by atoms with Gasteiger partial charge in [-0.1, -0.05) is 178 Å². The van der Waals surface area contributed by atoms with E-state index in [0.717, 1.165) is 22.6 Å². The number of hydrogen-bond acceptors (Lipinski definition) is 3. The molecule has 3 nitrogen and oxygen atoms in total. The first-order valence-corrected chi connectivity index (χ1v) is 15.6. The fourth-order valence-corrected chi connectivity index (χ4v) is 6.31. The van der Waals surface area contributed by atoms with E-state index < -0.39 is 0 Å². The van der Waals surface area contributed by atoms with Crippen LogP contribution in [0, 0.1) is 5.41 Å². The molecule has 3 heteroatoms. The minimum absolute atomic E-state index is 0.221. The monoisotopic (exact) mass is 583 g/mol. The second-order valence-corrected chi connectivity index (χ2v) is 12.5. The second-order valence-electron chi connectivity index (χ2n) is 12.5. The van der Waals surface area contributed by atoms with Gasteiger partial charge >= 0.3 is 0 Å². The van der Waals surface area contributed by atoms with Crippen molar-refractivity contribution in [1.82, 2.24) is 0 Å². The zero-order valence-corrected chi connectivity index (χ0v) is 26.1. The van der Waals surface area contributed by atoms with Gasteiger partial charge in [0.05, 0.1) is 11.4 Å². The summed E-state index contributed by atoms with van der Waals surface area (Å²) in [6.07, 6.45) is 0. The van der Waals surface area contributed by atoms with Gasteiger partial charge in [-0.2, -0.15) is 5.10 Å². The van der Waals surface area contributed by atoms with Crippen LogP contribution in [0.4, 0.5) is 11.4 Å². The van der Waals surface area contributed by atoms with Gasteiger partial charge in [0.25, 0.3) is 0 Å². The molecule has 7 rings (SSSR count). The van der Waals surface area contributed by atoms with Crippen LogP contribution in [-0.2, 0) is 0 Å². The van der Waals surface area contributed by atoms with Gasteiger partial charge in [0.2, 0.25) is 0 Å². The zero-order chi connectivity index (χ0) is 30.8. The molecule has 1 aliphatic rings. The van der Waals surface area contributed by atoms with Crippen LogP contribution >= 0.6 is 0 Å². The third-order valence-corrected chi connectivity index (χ3v) is 8.36. The fourth-order valence-electron chi connectivity index (χ4n) is 6.31. The average Bonchev–Trinajstić information content (AvgIpc) is 3.55. The van der Waals surface area contributed by atoms with Crippen LogP contribution in [0.25, 0.3) is 44.5 Å². The molecule has 0 radical (unpaired) electrons. The third kappa shape index (κ3) is 5.54. The number of nitrogens with zero attached hydrogens (tertiary/aromatic N) is 3. The minimum atomic E-state index is -0.221. The Bertz CT molecular complexity index is 1830. The van der Waals surface area contributed by atoms with Crippen LogP contribution < -0.4 is 9.91 Å². The summed E-state index contributed by atoms with van der Waals surface area (Å²) in [6, 6.07) is 56.0. The van der Waals surface area contributed by atoms with Gasteiger partial charge in [-0.3, -0.25) is 0 Å². The maximum absolute atomic E-state index is 5.51. The Kier molecular flexibility index (Phi) is 7.52. The van der Waals surface area contributed by atoms with Gasteiger partial charge in [0.15, 0.2) is 0 Å². The van der Waals surface area contributed by atoms with E-state index >= 15 is 0 Å². The summed E-state index contributed by atoms with van der Waals surface area (Å²) in [5, 5.41) is 7.73. The summed E-state index contributed by atoms with van der Waals surface area (Å²) in [6.45, 7) is 7.37. The van der Waals surface area contributed by atoms with Crippen molar-refractivity contribution in [2.75, 3.05) is 16.6 Å². The van der Waals surface area contributed by atoms with E-state index in [9.17, 15) is 0 Å². The minimum Gasteiger partial charge on any atom is -0.306 e. The maximum Gasteiger partial charge on any atom is 0.136 e. The molecule has 0 saturated heterocycles. The first kappa shape index (κ1) is 28.4. The lowest BCUT2D eigenvalue weighted by Gasteiger charge is -2.32. The van der Waals surface area contributed by atoms with E-state index in [2.05, 4.69) is 188 Å². The number of hydrogen-bond donors (Lipinski definition) is 0. The van der Waals surface area contributed by atoms with Gasteiger partial charge in [-0.05, 0) is 22.3 Å². The molecule has 45 heavy (non-hydrogen) atoms. The predicted octanol–water partition coefficient (Wildman–Crippen LogP) is 11.0. The Morgan fingerprint density at radius 3 is 1.09 bits per heavy atom. The molecule has 0 atom stereocenters. The summed E-state index contributed by atoms with van der Waals surface area (Å²) >= 11 is 0. The highest BCUT2D eigenvalue weighted by molar-refractivity contribution is 6.10. The van der Waals surface area contributed by atoms with Crippen LogP contribution in [-0.4, -0.2) is 12.5 Å².